The summed E-state index contributed by atoms with van der Waals surface area (Å²) >= 11 is 0. The lowest BCUT2D eigenvalue weighted by Gasteiger charge is -2.05. The second-order valence-corrected chi connectivity index (χ2v) is 3.69. The third kappa shape index (κ3) is 4.06. The molecule has 0 saturated heterocycles. The first-order valence-corrected chi connectivity index (χ1v) is 5.78. The van der Waals surface area contributed by atoms with Gasteiger partial charge in [0.1, 0.15) is 11.3 Å². The molecule has 0 radical (unpaired) electrons. The van der Waals surface area contributed by atoms with Crippen molar-refractivity contribution in [2.24, 2.45) is 0 Å². The number of esters is 1. The van der Waals surface area contributed by atoms with Crippen molar-refractivity contribution in [3.05, 3.63) is 47.2 Å². The van der Waals surface area contributed by atoms with Gasteiger partial charge in [-0.15, -0.1) is 0 Å². The number of hydrogen-bond acceptors (Lipinski definition) is 5. The Balaban J connectivity index is 2.87. The van der Waals surface area contributed by atoms with Crippen molar-refractivity contribution in [2.75, 3.05) is 6.61 Å². The summed E-state index contributed by atoms with van der Waals surface area (Å²) in [5.74, 6) is -1.60. The van der Waals surface area contributed by atoms with Gasteiger partial charge in [0.25, 0.3) is 0 Å². The number of allylic oxidation sites excluding steroid dienone is 1. The van der Waals surface area contributed by atoms with Gasteiger partial charge in [-0.05, 0) is 6.92 Å². The summed E-state index contributed by atoms with van der Waals surface area (Å²) in [6.45, 7) is 1.75. The summed E-state index contributed by atoms with van der Waals surface area (Å²) in [7, 11) is 0. The Kier molecular flexibility index (Phi) is 5.47. The Morgan fingerprint density at radius 2 is 1.95 bits per heavy atom. The van der Waals surface area contributed by atoms with Gasteiger partial charge in [0.15, 0.2) is 5.78 Å². The van der Waals surface area contributed by atoms with E-state index in [1.807, 2.05) is 0 Å². The number of carbonyl (C=O) groups is 2. The van der Waals surface area contributed by atoms with E-state index in [0.717, 1.165) is 0 Å². The van der Waals surface area contributed by atoms with E-state index in [2.05, 4.69) is 4.74 Å². The fourth-order valence-corrected chi connectivity index (χ4v) is 1.44. The van der Waals surface area contributed by atoms with Crippen LogP contribution in [0, 0.1) is 5.41 Å². The molecule has 0 spiro atoms. The standard InChI is InChI=1S/C14H15NO4/c1-2-19-14(18)11(9-15)13(17)8-12(16)10-6-4-3-5-7-10/h3-7,9,15,17H,2,8H2,1H3/b13-11-,15-9?. The number of rotatable bonds is 6. The highest BCUT2D eigenvalue weighted by molar-refractivity contribution is 6.10. The van der Waals surface area contributed by atoms with Crippen LogP contribution in [0.15, 0.2) is 41.7 Å². The van der Waals surface area contributed by atoms with Crippen LogP contribution in [0.2, 0.25) is 0 Å². The van der Waals surface area contributed by atoms with Gasteiger partial charge in [-0.2, -0.15) is 0 Å². The highest BCUT2D eigenvalue weighted by atomic mass is 16.5. The molecule has 1 aromatic carbocycles. The third-order valence-corrected chi connectivity index (χ3v) is 2.37. The molecular weight excluding hydrogens is 246 g/mol. The van der Waals surface area contributed by atoms with Crippen LogP contribution in [-0.2, 0) is 9.53 Å². The molecule has 0 heterocycles. The van der Waals surface area contributed by atoms with Gasteiger partial charge < -0.3 is 15.3 Å². The first-order valence-electron chi connectivity index (χ1n) is 5.78. The van der Waals surface area contributed by atoms with Crippen LogP contribution in [0.4, 0.5) is 0 Å². The molecule has 1 aromatic rings. The van der Waals surface area contributed by atoms with E-state index in [0.29, 0.717) is 11.8 Å². The molecule has 5 heteroatoms. The van der Waals surface area contributed by atoms with Gasteiger partial charge in [0.05, 0.1) is 13.0 Å². The van der Waals surface area contributed by atoms with Crippen LogP contribution < -0.4 is 0 Å². The second kappa shape index (κ2) is 7.10. The van der Waals surface area contributed by atoms with Crippen molar-refractivity contribution < 1.29 is 19.4 Å². The zero-order chi connectivity index (χ0) is 14.3. The fourth-order valence-electron chi connectivity index (χ4n) is 1.44. The normalized spacial score (nSPS) is 11.4. The first kappa shape index (κ1) is 14.6. The van der Waals surface area contributed by atoms with E-state index >= 15 is 0 Å². The fraction of sp³-hybridized carbons (Fsp3) is 0.214. The van der Waals surface area contributed by atoms with Crippen LogP contribution >= 0.6 is 0 Å². The number of aliphatic hydroxyl groups is 1. The minimum absolute atomic E-state index is 0.135. The Bertz CT molecular complexity index is 505. The number of benzene rings is 1. The Morgan fingerprint density at radius 1 is 1.32 bits per heavy atom. The van der Waals surface area contributed by atoms with Crippen LogP contribution in [0.3, 0.4) is 0 Å². The van der Waals surface area contributed by atoms with Crippen molar-refractivity contribution in [1.29, 1.82) is 5.41 Å². The molecule has 0 amide bonds. The smallest absolute Gasteiger partial charge is 0.343 e. The Labute approximate surface area is 111 Å². The molecule has 5 nitrogen and oxygen atoms in total. The van der Waals surface area contributed by atoms with E-state index in [9.17, 15) is 14.7 Å². The van der Waals surface area contributed by atoms with Crippen LogP contribution in [0.25, 0.3) is 0 Å². The molecule has 0 aliphatic rings. The van der Waals surface area contributed by atoms with Crippen molar-refractivity contribution in [1.82, 2.24) is 0 Å². The molecule has 100 valence electrons. The lowest BCUT2D eigenvalue weighted by molar-refractivity contribution is -0.138. The molecule has 0 bridgehead atoms. The molecule has 0 atom stereocenters. The largest absolute Gasteiger partial charge is 0.511 e. The molecule has 1 rings (SSSR count). The van der Waals surface area contributed by atoms with Gasteiger partial charge in [-0.25, -0.2) is 4.79 Å². The molecule has 0 saturated carbocycles. The Morgan fingerprint density at radius 3 is 2.47 bits per heavy atom. The van der Waals surface area contributed by atoms with Gasteiger partial charge in [-0.3, -0.25) is 4.79 Å². The summed E-state index contributed by atoms with van der Waals surface area (Å²) in [6, 6.07) is 8.41. The van der Waals surface area contributed by atoms with Crippen molar-refractivity contribution in [2.45, 2.75) is 13.3 Å². The number of Topliss-reactive ketones (excluding diaryl/α,β-unsaturated/α-hetero) is 1. The quantitative estimate of drug-likeness (QED) is 0.270. The number of aliphatic hydroxyl groups excluding tert-OH is 1. The Hall–Kier alpha value is -2.43. The lowest BCUT2D eigenvalue weighted by atomic mass is 10.1. The summed E-state index contributed by atoms with van der Waals surface area (Å²) < 4.78 is 4.68. The molecule has 2 N–H and O–H groups in total. The minimum Gasteiger partial charge on any atom is -0.511 e. The molecule has 0 fully saturated rings. The van der Waals surface area contributed by atoms with E-state index in [-0.39, 0.29) is 24.4 Å². The monoisotopic (exact) mass is 261 g/mol. The topological polar surface area (TPSA) is 87.5 Å². The number of ketones is 1. The number of ether oxygens (including phenoxy) is 1. The van der Waals surface area contributed by atoms with E-state index in [4.69, 9.17) is 5.41 Å². The van der Waals surface area contributed by atoms with Gasteiger partial charge in [-0.1, -0.05) is 30.3 Å². The number of hydrogen-bond donors (Lipinski definition) is 2. The highest BCUT2D eigenvalue weighted by Crippen LogP contribution is 2.11. The van der Waals surface area contributed by atoms with Crippen LogP contribution in [-0.4, -0.2) is 29.7 Å². The zero-order valence-electron chi connectivity index (χ0n) is 10.6. The summed E-state index contributed by atoms with van der Waals surface area (Å²) in [4.78, 5) is 23.3. The molecule has 0 aliphatic heterocycles. The summed E-state index contributed by atoms with van der Waals surface area (Å²) in [5.41, 5.74) is 0.133. The third-order valence-electron chi connectivity index (χ3n) is 2.37. The maximum Gasteiger partial charge on any atom is 0.343 e. The molecular formula is C14H15NO4. The average Bonchev–Trinajstić information content (AvgIpc) is 2.40. The van der Waals surface area contributed by atoms with Crippen molar-refractivity contribution in [3.8, 4) is 0 Å². The van der Waals surface area contributed by atoms with Gasteiger partial charge in [0, 0.05) is 11.8 Å². The van der Waals surface area contributed by atoms with Crippen LogP contribution in [0.1, 0.15) is 23.7 Å². The first-order chi connectivity index (χ1) is 9.10. The van der Waals surface area contributed by atoms with E-state index in [1.54, 1.807) is 37.3 Å². The van der Waals surface area contributed by atoms with Gasteiger partial charge in [0.2, 0.25) is 0 Å². The SMILES string of the molecule is CCOC(=O)/C(C=N)=C(\O)CC(=O)c1ccccc1. The summed E-state index contributed by atoms with van der Waals surface area (Å²) in [6.07, 6.45) is 0.346. The average molecular weight is 261 g/mol. The lowest BCUT2D eigenvalue weighted by Crippen LogP contribution is -2.13. The summed E-state index contributed by atoms with van der Waals surface area (Å²) in [5, 5.41) is 16.8. The molecule has 19 heavy (non-hydrogen) atoms. The van der Waals surface area contributed by atoms with Crippen molar-refractivity contribution in [3.63, 3.8) is 0 Å². The number of carbonyl (C=O) groups excluding carboxylic acids is 2. The maximum atomic E-state index is 11.8. The zero-order valence-corrected chi connectivity index (χ0v) is 10.6. The van der Waals surface area contributed by atoms with Gasteiger partial charge >= 0.3 is 5.97 Å². The molecule has 0 aliphatic carbocycles. The molecule has 0 aromatic heterocycles. The van der Waals surface area contributed by atoms with Crippen LogP contribution in [0.5, 0.6) is 0 Å². The molecule has 0 unspecified atom stereocenters. The minimum atomic E-state index is -0.809. The predicted octanol–water partition coefficient (Wildman–Crippen LogP) is 2.28. The van der Waals surface area contributed by atoms with E-state index < -0.39 is 11.7 Å². The predicted molar refractivity (Wildman–Crippen MR) is 70.5 cm³/mol. The second-order valence-electron chi connectivity index (χ2n) is 3.69. The highest BCUT2D eigenvalue weighted by Gasteiger charge is 2.17. The maximum absolute atomic E-state index is 11.8. The van der Waals surface area contributed by atoms with E-state index in [1.165, 1.54) is 0 Å². The number of nitrogens with one attached hydrogen (secondary N) is 1. The van der Waals surface area contributed by atoms with Crippen molar-refractivity contribution >= 4 is 18.0 Å².